The third-order valence-corrected chi connectivity index (χ3v) is 6.18. The van der Waals surface area contributed by atoms with Crippen LogP contribution in [0.2, 0.25) is 0 Å². The topological polar surface area (TPSA) is 17.1 Å². The van der Waals surface area contributed by atoms with Gasteiger partial charge in [0.2, 0.25) is 0 Å². The second kappa shape index (κ2) is 8.51. The zero-order valence-electron chi connectivity index (χ0n) is 16.4. The maximum absolute atomic E-state index is 13.1. The first kappa shape index (κ1) is 20.0. The molecule has 0 N–H and O–H groups in total. The third kappa shape index (κ3) is 5.16. The monoisotopic (exact) mass is 396 g/mol. The minimum atomic E-state index is 0.176. The Morgan fingerprint density at radius 1 is 0.741 bits per heavy atom. The van der Waals surface area contributed by atoms with Crippen LogP contribution in [0.1, 0.15) is 11.1 Å². The van der Waals surface area contributed by atoms with Gasteiger partial charge in [0.05, 0.1) is 25.2 Å². The van der Waals surface area contributed by atoms with Gasteiger partial charge in [-0.3, -0.25) is 4.79 Å². The highest BCUT2D eigenvalue weighted by Gasteiger charge is 2.33. The van der Waals surface area contributed by atoms with Gasteiger partial charge in [-0.25, -0.2) is 0 Å². The lowest BCUT2D eigenvalue weighted by Crippen LogP contribution is -2.48. The number of hydrogen-bond donors (Lipinski definition) is 0. The summed E-state index contributed by atoms with van der Waals surface area (Å²) < 4.78 is 0.787. The summed E-state index contributed by atoms with van der Waals surface area (Å²) in [5, 5.41) is 0. The van der Waals surface area contributed by atoms with Crippen molar-refractivity contribution in [3.05, 3.63) is 70.8 Å². The van der Waals surface area contributed by atoms with Gasteiger partial charge in [0, 0.05) is 9.79 Å². The first-order valence-electron chi connectivity index (χ1n) is 8.96. The summed E-state index contributed by atoms with van der Waals surface area (Å²) in [6.07, 6.45) is 8.24. The second-order valence-electron chi connectivity index (χ2n) is 7.47. The Labute approximate surface area is 170 Å². The van der Waals surface area contributed by atoms with Gasteiger partial charge >= 0.3 is 0 Å². The molecule has 2 nitrogen and oxygen atoms in total. The van der Waals surface area contributed by atoms with Crippen LogP contribution in [-0.2, 0) is 4.79 Å². The number of ketones is 1. The number of likely N-dealkylation sites (tertiary alicyclic amines) is 1. The van der Waals surface area contributed by atoms with Crippen LogP contribution in [0.3, 0.4) is 0 Å². The summed E-state index contributed by atoms with van der Waals surface area (Å²) in [4.78, 5) is 15.6. The third-order valence-electron chi connectivity index (χ3n) is 4.69. The van der Waals surface area contributed by atoms with E-state index in [4.69, 9.17) is 0 Å². The first-order chi connectivity index (χ1) is 12.9. The van der Waals surface area contributed by atoms with Crippen LogP contribution in [0.4, 0.5) is 0 Å². The predicted octanol–water partition coefficient (Wildman–Crippen LogP) is 5.26. The number of piperidine rings is 1. The molecule has 0 radical (unpaired) electrons. The Balaban J connectivity index is 1.92. The molecule has 1 aliphatic heterocycles. The fourth-order valence-electron chi connectivity index (χ4n) is 3.35. The molecule has 1 fully saturated rings. The minimum Gasteiger partial charge on any atom is -0.321 e. The van der Waals surface area contributed by atoms with Crippen LogP contribution < -0.4 is 0 Å². The zero-order chi connectivity index (χ0) is 19.4. The lowest BCUT2D eigenvalue weighted by Gasteiger charge is -2.35. The van der Waals surface area contributed by atoms with Gasteiger partial charge in [-0.15, -0.1) is 23.5 Å². The molecule has 2 aromatic carbocycles. The Morgan fingerprint density at radius 2 is 1.11 bits per heavy atom. The van der Waals surface area contributed by atoms with E-state index >= 15 is 0 Å². The largest absolute Gasteiger partial charge is 0.321 e. The van der Waals surface area contributed by atoms with Crippen molar-refractivity contribution in [2.75, 3.05) is 39.7 Å². The Hall–Kier alpha value is -1.75. The molecule has 0 unspecified atom stereocenters. The van der Waals surface area contributed by atoms with Crippen molar-refractivity contribution < 1.29 is 9.28 Å². The van der Waals surface area contributed by atoms with Gasteiger partial charge in [-0.1, -0.05) is 24.3 Å². The van der Waals surface area contributed by atoms with Crippen molar-refractivity contribution in [2.45, 2.75) is 9.79 Å². The van der Waals surface area contributed by atoms with Crippen LogP contribution in [0.5, 0.6) is 0 Å². The van der Waals surface area contributed by atoms with Gasteiger partial charge in [0.25, 0.3) is 0 Å². The van der Waals surface area contributed by atoms with Crippen molar-refractivity contribution in [1.82, 2.24) is 0 Å². The fraction of sp³-hybridized carbons (Fsp3) is 0.261. The van der Waals surface area contributed by atoms with Gasteiger partial charge in [0.15, 0.2) is 5.78 Å². The standard InChI is InChI=1S/C23H26NOS2/c1-24(2)15-19(13-17-5-9-21(26-3)10-6-17)23(25)20(16-24)14-18-7-11-22(27-4)12-8-18/h5-14H,15-16H2,1-4H3/q+1/b19-13+,20-14+. The average molecular weight is 397 g/mol. The molecule has 1 saturated heterocycles. The van der Waals surface area contributed by atoms with Crippen molar-refractivity contribution in [3.8, 4) is 0 Å². The van der Waals surface area contributed by atoms with E-state index in [1.807, 2.05) is 0 Å². The van der Waals surface area contributed by atoms with E-state index in [2.05, 4.69) is 87.3 Å². The molecule has 1 heterocycles. The summed E-state index contributed by atoms with van der Waals surface area (Å²) in [7, 11) is 4.36. The number of benzene rings is 2. The number of quaternary nitrogens is 1. The number of nitrogens with zero attached hydrogens (tertiary/aromatic N) is 1. The summed E-state index contributed by atoms with van der Waals surface area (Å²) in [5.74, 6) is 0.176. The van der Waals surface area contributed by atoms with Crippen LogP contribution in [0, 0.1) is 0 Å². The summed E-state index contributed by atoms with van der Waals surface area (Å²) in [5.41, 5.74) is 3.94. The minimum absolute atomic E-state index is 0.176. The SMILES string of the molecule is CSc1ccc(/C=C2\C[N+](C)(C)C/C(=C\c3ccc(SC)cc3)C2=O)cc1. The van der Waals surface area contributed by atoms with Gasteiger partial charge in [-0.05, 0) is 60.1 Å². The lowest BCUT2D eigenvalue weighted by molar-refractivity contribution is -0.881. The molecule has 27 heavy (non-hydrogen) atoms. The van der Waals surface area contributed by atoms with Crippen molar-refractivity contribution >= 4 is 41.5 Å². The maximum Gasteiger partial charge on any atom is 0.196 e. The highest BCUT2D eigenvalue weighted by molar-refractivity contribution is 7.98. The molecular weight excluding hydrogens is 370 g/mol. The normalized spacial score (nSPS) is 19.6. The quantitative estimate of drug-likeness (QED) is 0.399. The summed E-state index contributed by atoms with van der Waals surface area (Å²) >= 11 is 3.45. The molecule has 140 valence electrons. The van der Waals surface area contributed by atoms with E-state index in [0.717, 1.165) is 39.8 Å². The highest BCUT2D eigenvalue weighted by Crippen LogP contribution is 2.26. The number of hydrogen-bond acceptors (Lipinski definition) is 3. The number of thioether (sulfide) groups is 2. The van der Waals surface area contributed by atoms with E-state index in [0.29, 0.717) is 0 Å². The van der Waals surface area contributed by atoms with E-state index in [-0.39, 0.29) is 5.78 Å². The van der Waals surface area contributed by atoms with Crippen molar-refractivity contribution in [3.63, 3.8) is 0 Å². The molecule has 4 heteroatoms. The van der Waals surface area contributed by atoms with Crippen LogP contribution in [-0.4, -0.2) is 50.0 Å². The van der Waals surface area contributed by atoms with E-state index < -0.39 is 0 Å². The molecule has 0 bridgehead atoms. The van der Waals surface area contributed by atoms with Gasteiger partial charge in [-0.2, -0.15) is 0 Å². The number of carbonyl (C=O) groups is 1. The molecule has 3 rings (SSSR count). The predicted molar refractivity (Wildman–Crippen MR) is 119 cm³/mol. The molecular formula is C23H26NOS2+. The number of carbonyl (C=O) groups excluding carboxylic acids is 1. The molecule has 0 atom stereocenters. The molecule has 0 saturated carbocycles. The van der Waals surface area contributed by atoms with Gasteiger partial charge in [0.1, 0.15) is 13.1 Å². The Bertz CT molecular complexity index is 806. The molecule has 2 aromatic rings. The summed E-state index contributed by atoms with van der Waals surface area (Å²) in [6, 6.07) is 16.8. The number of Topliss-reactive ketones (excluding diaryl/α,β-unsaturated/α-hetero) is 1. The maximum atomic E-state index is 13.1. The molecule has 0 amide bonds. The summed E-state index contributed by atoms with van der Waals surface area (Å²) in [6.45, 7) is 1.51. The van der Waals surface area contributed by atoms with Crippen LogP contribution in [0.25, 0.3) is 12.2 Å². The Morgan fingerprint density at radius 3 is 1.44 bits per heavy atom. The zero-order valence-corrected chi connectivity index (χ0v) is 18.0. The van der Waals surface area contributed by atoms with Crippen molar-refractivity contribution in [2.24, 2.45) is 0 Å². The van der Waals surface area contributed by atoms with Gasteiger partial charge < -0.3 is 4.48 Å². The number of likely N-dealkylation sites (N-methyl/N-ethyl adjacent to an activating group) is 1. The first-order valence-corrected chi connectivity index (χ1v) is 11.4. The fourth-order valence-corrected chi connectivity index (χ4v) is 4.17. The van der Waals surface area contributed by atoms with E-state index in [9.17, 15) is 4.79 Å². The molecule has 0 spiro atoms. The highest BCUT2D eigenvalue weighted by atomic mass is 32.2. The van der Waals surface area contributed by atoms with E-state index in [1.165, 1.54) is 9.79 Å². The van der Waals surface area contributed by atoms with E-state index in [1.54, 1.807) is 23.5 Å². The molecule has 0 aliphatic carbocycles. The molecule has 0 aromatic heterocycles. The smallest absolute Gasteiger partial charge is 0.196 e. The molecule has 1 aliphatic rings. The second-order valence-corrected chi connectivity index (χ2v) is 9.23. The van der Waals surface area contributed by atoms with Crippen LogP contribution >= 0.6 is 23.5 Å². The number of rotatable bonds is 4. The van der Waals surface area contributed by atoms with Crippen molar-refractivity contribution in [1.29, 1.82) is 0 Å². The Kier molecular flexibility index (Phi) is 6.30. The van der Waals surface area contributed by atoms with Crippen LogP contribution in [0.15, 0.2) is 69.5 Å². The lowest BCUT2D eigenvalue weighted by atomic mass is 9.93. The average Bonchev–Trinajstić information content (AvgIpc) is 2.66.